The fourth-order valence-corrected chi connectivity index (χ4v) is 5.36. The highest BCUT2D eigenvalue weighted by atomic mass is 16.5. The second-order valence-electron chi connectivity index (χ2n) is 9.75. The molecule has 2 aromatic rings. The van der Waals surface area contributed by atoms with Gasteiger partial charge in [-0.1, -0.05) is 74.7 Å². The van der Waals surface area contributed by atoms with E-state index in [1.54, 1.807) is 0 Å². The fraction of sp³-hybridized carbons (Fsp3) is 0.464. The molecule has 2 amide bonds. The number of carbonyl (C=O) groups is 3. The molecule has 2 aromatic carbocycles. The summed E-state index contributed by atoms with van der Waals surface area (Å²) in [5, 5.41) is 15.2. The quantitative estimate of drug-likeness (QED) is 0.459. The molecule has 0 radical (unpaired) electrons. The molecule has 3 N–H and O–H groups in total. The Hall–Kier alpha value is -3.35. The molecule has 0 bridgehead atoms. The van der Waals surface area contributed by atoms with Gasteiger partial charge in [0, 0.05) is 25.4 Å². The van der Waals surface area contributed by atoms with Crippen LogP contribution in [0, 0.1) is 11.3 Å². The normalized spacial score (nSPS) is 16.7. The number of ether oxygens (including phenoxy) is 1. The minimum absolute atomic E-state index is 0.00181. The van der Waals surface area contributed by atoms with Gasteiger partial charge in [0.25, 0.3) is 0 Å². The lowest BCUT2D eigenvalue weighted by atomic mass is 9.86. The highest BCUT2D eigenvalue weighted by molar-refractivity contribution is 5.80. The first-order valence-corrected chi connectivity index (χ1v) is 12.5. The number of benzene rings is 2. The Morgan fingerprint density at radius 2 is 1.60 bits per heavy atom. The van der Waals surface area contributed by atoms with E-state index in [2.05, 4.69) is 34.9 Å². The molecule has 0 aromatic heterocycles. The first kappa shape index (κ1) is 24.8. The standard InChI is InChI=1S/C28H34N2O5/c1-2-19(15-25(31)30-18-28(26(32)33)13-7-8-14-28)16-29-27(34)35-17-24-22-11-5-3-9-20(22)21-10-4-6-12-23(21)24/h3-6,9-12,19,24H,2,7-8,13-18H2,1H3,(H,29,34)(H,30,31)(H,32,33). The second kappa shape index (κ2) is 10.9. The summed E-state index contributed by atoms with van der Waals surface area (Å²) in [5.74, 6) is -1.07. The summed E-state index contributed by atoms with van der Waals surface area (Å²) in [6.07, 6.45) is 3.40. The largest absolute Gasteiger partial charge is 0.481 e. The van der Waals surface area contributed by atoms with Crippen LogP contribution in [-0.4, -0.2) is 42.8 Å². The molecule has 0 saturated heterocycles. The summed E-state index contributed by atoms with van der Waals surface area (Å²) >= 11 is 0. The third-order valence-electron chi connectivity index (χ3n) is 7.57. The van der Waals surface area contributed by atoms with Gasteiger partial charge in [0.1, 0.15) is 6.61 Å². The van der Waals surface area contributed by atoms with Crippen LogP contribution in [0.3, 0.4) is 0 Å². The van der Waals surface area contributed by atoms with Crippen molar-refractivity contribution in [2.24, 2.45) is 11.3 Å². The number of carboxylic acid groups (broad SMARTS) is 1. The number of aliphatic carboxylic acids is 1. The van der Waals surface area contributed by atoms with Crippen molar-refractivity contribution in [2.75, 3.05) is 19.7 Å². The number of nitrogens with one attached hydrogen (secondary N) is 2. The van der Waals surface area contributed by atoms with Crippen molar-refractivity contribution < 1.29 is 24.2 Å². The highest BCUT2D eigenvalue weighted by Crippen LogP contribution is 2.44. The number of hydrogen-bond acceptors (Lipinski definition) is 4. The van der Waals surface area contributed by atoms with E-state index in [4.69, 9.17) is 4.74 Å². The molecule has 0 heterocycles. The van der Waals surface area contributed by atoms with E-state index in [0.717, 1.165) is 24.0 Å². The maximum absolute atomic E-state index is 12.5. The van der Waals surface area contributed by atoms with Gasteiger partial charge in [-0.3, -0.25) is 9.59 Å². The molecule has 4 rings (SSSR count). The maximum Gasteiger partial charge on any atom is 0.407 e. The Morgan fingerprint density at radius 1 is 1.00 bits per heavy atom. The number of hydrogen-bond donors (Lipinski definition) is 3. The van der Waals surface area contributed by atoms with E-state index in [1.165, 1.54) is 11.1 Å². The van der Waals surface area contributed by atoms with Crippen molar-refractivity contribution in [3.8, 4) is 11.1 Å². The van der Waals surface area contributed by atoms with Crippen LogP contribution in [0.5, 0.6) is 0 Å². The van der Waals surface area contributed by atoms with Crippen LogP contribution >= 0.6 is 0 Å². The summed E-state index contributed by atoms with van der Waals surface area (Å²) in [7, 11) is 0. The summed E-state index contributed by atoms with van der Waals surface area (Å²) in [6.45, 7) is 2.70. The molecule has 2 aliphatic carbocycles. The lowest BCUT2D eigenvalue weighted by Gasteiger charge is -2.24. The van der Waals surface area contributed by atoms with Gasteiger partial charge in [-0.25, -0.2) is 4.79 Å². The smallest absolute Gasteiger partial charge is 0.407 e. The van der Waals surface area contributed by atoms with Gasteiger partial charge >= 0.3 is 12.1 Å². The van der Waals surface area contributed by atoms with Crippen molar-refractivity contribution in [2.45, 2.75) is 51.4 Å². The van der Waals surface area contributed by atoms with Gasteiger partial charge in [-0.2, -0.15) is 0 Å². The number of rotatable bonds is 10. The maximum atomic E-state index is 12.5. The van der Waals surface area contributed by atoms with Gasteiger partial charge in [0.2, 0.25) is 5.91 Å². The average molecular weight is 479 g/mol. The number of alkyl carbamates (subject to hydrolysis) is 1. The van der Waals surface area contributed by atoms with Crippen LogP contribution in [0.2, 0.25) is 0 Å². The van der Waals surface area contributed by atoms with Crippen LogP contribution in [0.15, 0.2) is 48.5 Å². The minimum atomic E-state index is -0.836. The summed E-state index contributed by atoms with van der Waals surface area (Å²) in [6, 6.07) is 16.4. The number of carboxylic acids is 1. The molecule has 0 spiro atoms. The van der Waals surface area contributed by atoms with Gasteiger partial charge in [-0.05, 0) is 41.0 Å². The van der Waals surface area contributed by atoms with Gasteiger partial charge in [0.05, 0.1) is 5.41 Å². The van der Waals surface area contributed by atoms with Crippen molar-refractivity contribution in [1.29, 1.82) is 0 Å². The monoisotopic (exact) mass is 478 g/mol. The van der Waals surface area contributed by atoms with Gasteiger partial charge in [0.15, 0.2) is 0 Å². The molecule has 1 atom stereocenters. The SMILES string of the molecule is CCC(CNC(=O)OCC1c2ccccc2-c2ccccc21)CC(=O)NCC1(C(=O)O)CCCC1. The lowest BCUT2D eigenvalue weighted by molar-refractivity contribution is -0.148. The zero-order valence-corrected chi connectivity index (χ0v) is 20.2. The van der Waals surface area contributed by atoms with Crippen LogP contribution in [0.1, 0.15) is 62.5 Å². The molecule has 7 nitrogen and oxygen atoms in total. The Kier molecular flexibility index (Phi) is 7.73. The minimum Gasteiger partial charge on any atom is -0.481 e. The van der Waals surface area contributed by atoms with Crippen LogP contribution < -0.4 is 10.6 Å². The number of carbonyl (C=O) groups excluding carboxylic acids is 2. The van der Waals surface area contributed by atoms with Crippen molar-refractivity contribution >= 4 is 18.0 Å². The summed E-state index contributed by atoms with van der Waals surface area (Å²) < 4.78 is 5.58. The third-order valence-corrected chi connectivity index (χ3v) is 7.57. The molecule has 1 unspecified atom stereocenters. The zero-order chi connectivity index (χ0) is 24.8. The predicted octanol–water partition coefficient (Wildman–Crippen LogP) is 4.70. The van der Waals surface area contributed by atoms with E-state index >= 15 is 0 Å². The molecular weight excluding hydrogens is 444 g/mol. The first-order valence-electron chi connectivity index (χ1n) is 12.5. The molecule has 2 aliphatic rings. The van der Waals surface area contributed by atoms with E-state index in [-0.39, 0.29) is 37.3 Å². The van der Waals surface area contributed by atoms with Crippen LogP contribution in [-0.2, 0) is 14.3 Å². The third kappa shape index (κ3) is 5.50. The molecular formula is C28H34N2O5. The van der Waals surface area contributed by atoms with Crippen molar-refractivity contribution in [3.05, 3.63) is 59.7 Å². The van der Waals surface area contributed by atoms with Gasteiger partial charge < -0.3 is 20.5 Å². The summed E-state index contributed by atoms with van der Waals surface area (Å²) in [4.78, 5) is 36.6. The van der Waals surface area contributed by atoms with Gasteiger partial charge in [-0.15, -0.1) is 0 Å². The Bertz CT molecular complexity index is 1030. The zero-order valence-electron chi connectivity index (χ0n) is 20.2. The molecule has 35 heavy (non-hydrogen) atoms. The van der Waals surface area contributed by atoms with Crippen LogP contribution in [0.4, 0.5) is 4.79 Å². The van der Waals surface area contributed by atoms with Crippen molar-refractivity contribution in [1.82, 2.24) is 10.6 Å². The Labute approximate surface area is 206 Å². The van der Waals surface area contributed by atoms with Crippen LogP contribution in [0.25, 0.3) is 11.1 Å². The molecule has 7 heteroatoms. The number of amides is 2. The number of fused-ring (bicyclic) bond motifs is 3. The highest BCUT2D eigenvalue weighted by Gasteiger charge is 2.41. The molecule has 1 fully saturated rings. The average Bonchev–Trinajstić information content (AvgIpc) is 3.48. The fourth-order valence-electron chi connectivity index (χ4n) is 5.36. The van der Waals surface area contributed by atoms with E-state index in [0.29, 0.717) is 25.8 Å². The molecule has 186 valence electrons. The predicted molar refractivity (Wildman–Crippen MR) is 133 cm³/mol. The van der Waals surface area contributed by atoms with E-state index in [1.807, 2.05) is 31.2 Å². The molecule has 1 saturated carbocycles. The Balaban J connectivity index is 1.24. The topological polar surface area (TPSA) is 105 Å². The second-order valence-corrected chi connectivity index (χ2v) is 9.75. The lowest BCUT2D eigenvalue weighted by Crippen LogP contribution is -2.42. The Morgan fingerprint density at radius 3 is 2.17 bits per heavy atom. The molecule has 0 aliphatic heterocycles. The summed E-state index contributed by atoms with van der Waals surface area (Å²) in [5.41, 5.74) is 3.83. The van der Waals surface area contributed by atoms with Crippen molar-refractivity contribution in [3.63, 3.8) is 0 Å². The first-order chi connectivity index (χ1) is 16.9. The van der Waals surface area contributed by atoms with E-state index in [9.17, 15) is 19.5 Å². The van der Waals surface area contributed by atoms with E-state index < -0.39 is 17.5 Å².